The zero-order chi connectivity index (χ0) is 17.6. The SMILES string of the molecule is CC(C)CC1CCCN(C(=O)CCc2nc(-c3ccccn3)no2)C1. The zero-order valence-corrected chi connectivity index (χ0v) is 15.0. The van der Waals surface area contributed by atoms with Crippen LogP contribution in [0.5, 0.6) is 0 Å². The highest BCUT2D eigenvalue weighted by Gasteiger charge is 2.24. The van der Waals surface area contributed by atoms with Crippen molar-refractivity contribution in [3.63, 3.8) is 0 Å². The molecule has 0 bridgehead atoms. The van der Waals surface area contributed by atoms with Crippen LogP contribution in [0.3, 0.4) is 0 Å². The Morgan fingerprint density at radius 1 is 1.40 bits per heavy atom. The van der Waals surface area contributed by atoms with Crippen LogP contribution in [0.15, 0.2) is 28.9 Å². The summed E-state index contributed by atoms with van der Waals surface area (Å²) in [6, 6.07) is 5.56. The van der Waals surface area contributed by atoms with E-state index < -0.39 is 0 Å². The number of amides is 1. The lowest BCUT2D eigenvalue weighted by atomic mass is 9.89. The summed E-state index contributed by atoms with van der Waals surface area (Å²) in [6.45, 7) is 6.25. The predicted molar refractivity (Wildman–Crippen MR) is 94.6 cm³/mol. The standard InChI is InChI=1S/C19H26N4O2/c1-14(2)12-15-6-5-11-23(13-15)18(24)9-8-17-21-19(22-25-17)16-7-3-4-10-20-16/h3-4,7,10,14-15H,5-6,8-9,11-13H2,1-2H3. The van der Waals surface area contributed by atoms with Crippen molar-refractivity contribution >= 4 is 5.91 Å². The largest absolute Gasteiger partial charge is 0.342 e. The molecule has 0 aliphatic carbocycles. The summed E-state index contributed by atoms with van der Waals surface area (Å²) in [5.41, 5.74) is 0.677. The van der Waals surface area contributed by atoms with Gasteiger partial charge in [-0.15, -0.1) is 0 Å². The van der Waals surface area contributed by atoms with Gasteiger partial charge in [-0.25, -0.2) is 0 Å². The maximum Gasteiger partial charge on any atom is 0.227 e. The van der Waals surface area contributed by atoms with Gasteiger partial charge >= 0.3 is 0 Å². The second-order valence-corrected chi connectivity index (χ2v) is 7.20. The summed E-state index contributed by atoms with van der Waals surface area (Å²) in [6.07, 6.45) is 6.12. The Kier molecular flexibility index (Phi) is 5.79. The highest BCUT2D eigenvalue weighted by molar-refractivity contribution is 5.76. The monoisotopic (exact) mass is 342 g/mol. The molecule has 134 valence electrons. The lowest BCUT2D eigenvalue weighted by Gasteiger charge is -2.33. The Hall–Kier alpha value is -2.24. The molecule has 1 aliphatic heterocycles. The van der Waals surface area contributed by atoms with Crippen molar-refractivity contribution in [2.24, 2.45) is 11.8 Å². The Morgan fingerprint density at radius 3 is 3.04 bits per heavy atom. The summed E-state index contributed by atoms with van der Waals surface area (Å²) in [5, 5.41) is 3.95. The van der Waals surface area contributed by atoms with Gasteiger partial charge in [-0.1, -0.05) is 25.1 Å². The summed E-state index contributed by atoms with van der Waals surface area (Å²) in [7, 11) is 0. The molecule has 0 N–H and O–H groups in total. The maximum atomic E-state index is 12.5. The minimum absolute atomic E-state index is 0.186. The number of hydrogen-bond donors (Lipinski definition) is 0. The number of aryl methyl sites for hydroxylation is 1. The molecule has 0 radical (unpaired) electrons. The van der Waals surface area contributed by atoms with Crippen molar-refractivity contribution in [1.82, 2.24) is 20.0 Å². The van der Waals surface area contributed by atoms with E-state index in [0.717, 1.165) is 19.5 Å². The minimum Gasteiger partial charge on any atom is -0.342 e. The number of carbonyl (C=O) groups excluding carboxylic acids is 1. The van der Waals surface area contributed by atoms with Gasteiger partial charge in [0.2, 0.25) is 17.6 Å². The first-order valence-corrected chi connectivity index (χ1v) is 9.13. The topological polar surface area (TPSA) is 72.1 Å². The molecule has 2 aromatic heterocycles. The van der Waals surface area contributed by atoms with E-state index in [1.165, 1.54) is 12.8 Å². The Labute approximate surface area is 148 Å². The molecule has 1 unspecified atom stereocenters. The summed E-state index contributed by atoms with van der Waals surface area (Å²) in [4.78, 5) is 23.1. The van der Waals surface area contributed by atoms with Gasteiger partial charge in [0.1, 0.15) is 5.69 Å². The molecule has 6 heteroatoms. The maximum absolute atomic E-state index is 12.5. The van der Waals surface area contributed by atoms with E-state index in [4.69, 9.17) is 4.52 Å². The van der Waals surface area contributed by atoms with E-state index in [9.17, 15) is 4.79 Å². The number of nitrogens with zero attached hydrogens (tertiary/aromatic N) is 4. The fraction of sp³-hybridized carbons (Fsp3) is 0.579. The van der Waals surface area contributed by atoms with Crippen molar-refractivity contribution in [2.75, 3.05) is 13.1 Å². The number of likely N-dealkylation sites (tertiary alicyclic amines) is 1. The highest BCUT2D eigenvalue weighted by Crippen LogP contribution is 2.23. The van der Waals surface area contributed by atoms with Crippen LogP contribution in [-0.4, -0.2) is 39.0 Å². The highest BCUT2D eigenvalue weighted by atomic mass is 16.5. The van der Waals surface area contributed by atoms with E-state index >= 15 is 0 Å². The van der Waals surface area contributed by atoms with E-state index in [0.29, 0.717) is 42.1 Å². The average Bonchev–Trinajstić information content (AvgIpc) is 3.09. The van der Waals surface area contributed by atoms with Crippen LogP contribution in [0.25, 0.3) is 11.5 Å². The van der Waals surface area contributed by atoms with Gasteiger partial charge in [-0.2, -0.15) is 4.98 Å². The summed E-state index contributed by atoms with van der Waals surface area (Å²) >= 11 is 0. The van der Waals surface area contributed by atoms with E-state index in [-0.39, 0.29) is 5.91 Å². The van der Waals surface area contributed by atoms with Crippen molar-refractivity contribution in [1.29, 1.82) is 0 Å². The van der Waals surface area contributed by atoms with Gasteiger partial charge in [0, 0.05) is 32.1 Å². The van der Waals surface area contributed by atoms with Gasteiger partial charge in [0.15, 0.2) is 0 Å². The van der Waals surface area contributed by atoms with E-state index in [1.807, 2.05) is 23.1 Å². The fourth-order valence-corrected chi connectivity index (χ4v) is 3.48. The molecule has 0 aromatic carbocycles. The first-order chi connectivity index (χ1) is 12.1. The van der Waals surface area contributed by atoms with Crippen LogP contribution < -0.4 is 0 Å². The van der Waals surface area contributed by atoms with Gasteiger partial charge in [-0.3, -0.25) is 9.78 Å². The molecule has 1 fully saturated rings. The third-order valence-electron chi connectivity index (χ3n) is 4.59. The van der Waals surface area contributed by atoms with Gasteiger partial charge in [0.05, 0.1) is 0 Å². The second kappa shape index (κ2) is 8.23. The molecule has 2 aromatic rings. The van der Waals surface area contributed by atoms with Crippen LogP contribution in [0.4, 0.5) is 0 Å². The van der Waals surface area contributed by atoms with Crippen molar-refractivity contribution in [3.8, 4) is 11.5 Å². The van der Waals surface area contributed by atoms with Crippen molar-refractivity contribution in [2.45, 2.75) is 46.0 Å². The molecule has 3 heterocycles. The van der Waals surface area contributed by atoms with E-state index in [2.05, 4.69) is 29.0 Å². The number of rotatable bonds is 6. The summed E-state index contributed by atoms with van der Waals surface area (Å²) < 4.78 is 5.26. The Bertz CT molecular complexity index is 684. The number of aromatic nitrogens is 3. The minimum atomic E-state index is 0.186. The average molecular weight is 342 g/mol. The molecule has 1 atom stereocenters. The van der Waals surface area contributed by atoms with Crippen LogP contribution in [-0.2, 0) is 11.2 Å². The van der Waals surface area contributed by atoms with Gasteiger partial charge < -0.3 is 9.42 Å². The Morgan fingerprint density at radius 2 is 2.28 bits per heavy atom. The molecular formula is C19H26N4O2. The van der Waals surface area contributed by atoms with Gasteiger partial charge in [0.25, 0.3) is 0 Å². The molecular weight excluding hydrogens is 316 g/mol. The first kappa shape index (κ1) is 17.6. The number of carbonyl (C=O) groups is 1. The molecule has 6 nitrogen and oxygen atoms in total. The van der Waals surface area contributed by atoms with Gasteiger partial charge in [-0.05, 0) is 43.2 Å². The molecule has 0 spiro atoms. The second-order valence-electron chi connectivity index (χ2n) is 7.20. The third-order valence-corrected chi connectivity index (χ3v) is 4.59. The third kappa shape index (κ3) is 4.87. The first-order valence-electron chi connectivity index (χ1n) is 9.13. The predicted octanol–water partition coefficient (Wildman–Crippen LogP) is 3.35. The number of pyridine rings is 1. The van der Waals surface area contributed by atoms with Crippen LogP contribution in [0, 0.1) is 11.8 Å². The molecule has 1 saturated heterocycles. The zero-order valence-electron chi connectivity index (χ0n) is 15.0. The molecule has 1 aliphatic rings. The van der Waals surface area contributed by atoms with E-state index in [1.54, 1.807) is 6.20 Å². The van der Waals surface area contributed by atoms with Crippen LogP contribution in [0.2, 0.25) is 0 Å². The normalized spacial score (nSPS) is 17.9. The smallest absolute Gasteiger partial charge is 0.227 e. The lowest BCUT2D eigenvalue weighted by Crippen LogP contribution is -2.40. The van der Waals surface area contributed by atoms with Crippen molar-refractivity contribution in [3.05, 3.63) is 30.3 Å². The van der Waals surface area contributed by atoms with Crippen LogP contribution in [0.1, 0.15) is 45.4 Å². The molecule has 0 saturated carbocycles. The molecule has 3 rings (SSSR count). The Balaban J connectivity index is 1.51. The lowest BCUT2D eigenvalue weighted by molar-refractivity contribution is -0.133. The van der Waals surface area contributed by atoms with Crippen molar-refractivity contribution < 1.29 is 9.32 Å². The quantitative estimate of drug-likeness (QED) is 0.805. The fourth-order valence-electron chi connectivity index (χ4n) is 3.48. The number of hydrogen-bond acceptors (Lipinski definition) is 5. The number of piperidine rings is 1. The molecule has 1 amide bonds. The molecule has 25 heavy (non-hydrogen) atoms. The van der Waals surface area contributed by atoms with Crippen LogP contribution >= 0.6 is 0 Å². The summed E-state index contributed by atoms with van der Waals surface area (Å²) in [5.74, 6) is 2.47.